The summed E-state index contributed by atoms with van der Waals surface area (Å²) in [6, 6.07) is 3.65. The first-order valence-electron chi connectivity index (χ1n) is 5.30. The lowest BCUT2D eigenvalue weighted by Crippen LogP contribution is -2.28. The molecule has 1 unspecified atom stereocenters. The van der Waals surface area contributed by atoms with Crippen molar-refractivity contribution >= 4 is 15.9 Å². The SMILES string of the molecule is NNC(CCCC(F)(F)F)c1cc(F)cc(Br)c1. The van der Waals surface area contributed by atoms with Gasteiger partial charge in [-0.3, -0.25) is 11.3 Å². The number of nitrogens with one attached hydrogen (secondary N) is 1. The van der Waals surface area contributed by atoms with E-state index in [1.54, 1.807) is 6.07 Å². The van der Waals surface area contributed by atoms with Crippen LogP contribution in [0.4, 0.5) is 17.6 Å². The summed E-state index contributed by atoms with van der Waals surface area (Å²) >= 11 is 3.12. The van der Waals surface area contributed by atoms with Gasteiger partial charge >= 0.3 is 6.18 Å². The fraction of sp³-hybridized carbons (Fsp3) is 0.455. The van der Waals surface area contributed by atoms with Crippen molar-refractivity contribution in [2.75, 3.05) is 0 Å². The molecule has 0 fully saturated rings. The Kier molecular flexibility index (Phi) is 5.55. The van der Waals surface area contributed by atoms with E-state index in [2.05, 4.69) is 21.4 Å². The number of hydrogen-bond acceptors (Lipinski definition) is 2. The van der Waals surface area contributed by atoms with Gasteiger partial charge in [0.1, 0.15) is 5.82 Å². The lowest BCUT2D eigenvalue weighted by Gasteiger charge is -2.17. The average Bonchev–Trinajstić information content (AvgIpc) is 2.21. The number of nitrogens with two attached hydrogens (primary N) is 1. The molecule has 0 saturated heterocycles. The third-order valence-electron chi connectivity index (χ3n) is 2.44. The molecule has 0 bridgehead atoms. The highest BCUT2D eigenvalue weighted by molar-refractivity contribution is 9.10. The number of halogens is 5. The van der Waals surface area contributed by atoms with Gasteiger partial charge in [0.05, 0.1) is 0 Å². The molecule has 102 valence electrons. The Morgan fingerprint density at radius 1 is 1.28 bits per heavy atom. The fourth-order valence-electron chi connectivity index (χ4n) is 1.63. The minimum Gasteiger partial charge on any atom is -0.271 e. The molecule has 0 amide bonds. The van der Waals surface area contributed by atoms with Crippen LogP contribution in [0.25, 0.3) is 0 Å². The fourth-order valence-corrected chi connectivity index (χ4v) is 2.11. The summed E-state index contributed by atoms with van der Waals surface area (Å²) in [7, 11) is 0. The van der Waals surface area contributed by atoms with Gasteiger partial charge in [-0.05, 0) is 36.6 Å². The molecule has 2 nitrogen and oxygen atoms in total. The summed E-state index contributed by atoms with van der Waals surface area (Å²) in [5, 5.41) is 0. The van der Waals surface area contributed by atoms with E-state index < -0.39 is 24.5 Å². The first-order chi connectivity index (χ1) is 8.31. The smallest absolute Gasteiger partial charge is 0.271 e. The Morgan fingerprint density at radius 2 is 1.94 bits per heavy atom. The molecular formula is C11H13BrF4N2. The summed E-state index contributed by atoms with van der Waals surface area (Å²) in [4.78, 5) is 0. The molecule has 0 heterocycles. The van der Waals surface area contributed by atoms with E-state index in [1.807, 2.05) is 0 Å². The van der Waals surface area contributed by atoms with Gasteiger partial charge in [0.15, 0.2) is 0 Å². The zero-order chi connectivity index (χ0) is 13.8. The Labute approximate surface area is 111 Å². The zero-order valence-corrected chi connectivity index (χ0v) is 11.0. The topological polar surface area (TPSA) is 38.0 Å². The van der Waals surface area contributed by atoms with Crippen LogP contribution in [0.1, 0.15) is 30.9 Å². The van der Waals surface area contributed by atoms with Gasteiger partial charge in [0.2, 0.25) is 0 Å². The number of hydrogen-bond donors (Lipinski definition) is 2. The third kappa shape index (κ3) is 5.32. The van der Waals surface area contributed by atoms with E-state index in [1.165, 1.54) is 12.1 Å². The first-order valence-corrected chi connectivity index (χ1v) is 6.10. The second-order valence-corrected chi connectivity index (χ2v) is 4.85. The van der Waals surface area contributed by atoms with Crippen LogP contribution in [0.5, 0.6) is 0 Å². The maximum absolute atomic E-state index is 13.2. The molecule has 0 aliphatic rings. The molecule has 7 heteroatoms. The van der Waals surface area contributed by atoms with Crippen LogP contribution >= 0.6 is 15.9 Å². The highest BCUT2D eigenvalue weighted by Crippen LogP contribution is 2.27. The minimum absolute atomic E-state index is 0.0630. The quantitative estimate of drug-likeness (QED) is 0.490. The summed E-state index contributed by atoms with van der Waals surface area (Å²) in [6.45, 7) is 0. The number of benzene rings is 1. The van der Waals surface area contributed by atoms with Gasteiger partial charge in [-0.1, -0.05) is 15.9 Å². The van der Waals surface area contributed by atoms with Crippen molar-refractivity contribution in [2.45, 2.75) is 31.5 Å². The predicted octanol–water partition coefficient (Wildman–Crippen LogP) is 3.83. The lowest BCUT2D eigenvalue weighted by molar-refractivity contribution is -0.135. The summed E-state index contributed by atoms with van der Waals surface area (Å²) < 4.78 is 49.7. The first kappa shape index (κ1) is 15.4. The summed E-state index contributed by atoms with van der Waals surface area (Å²) in [6.07, 6.45) is -4.93. The molecule has 1 rings (SSSR count). The molecule has 3 N–H and O–H groups in total. The third-order valence-corrected chi connectivity index (χ3v) is 2.90. The molecule has 0 radical (unpaired) electrons. The van der Waals surface area contributed by atoms with Crippen LogP contribution in [0.2, 0.25) is 0 Å². The molecule has 0 spiro atoms. The van der Waals surface area contributed by atoms with Gasteiger partial charge in [0.25, 0.3) is 0 Å². The Morgan fingerprint density at radius 3 is 2.44 bits per heavy atom. The molecule has 0 saturated carbocycles. The standard InChI is InChI=1S/C11H13BrF4N2/c12-8-4-7(5-9(13)6-8)10(18-17)2-1-3-11(14,15)16/h4-6,10,18H,1-3,17H2. The highest BCUT2D eigenvalue weighted by atomic mass is 79.9. The van der Waals surface area contributed by atoms with Crippen LogP contribution in [-0.4, -0.2) is 6.18 Å². The van der Waals surface area contributed by atoms with Crippen molar-refractivity contribution in [1.29, 1.82) is 0 Å². The second-order valence-electron chi connectivity index (χ2n) is 3.93. The van der Waals surface area contributed by atoms with Gasteiger partial charge in [0, 0.05) is 16.9 Å². The van der Waals surface area contributed by atoms with Crippen LogP contribution in [0.3, 0.4) is 0 Å². The van der Waals surface area contributed by atoms with Crippen LogP contribution in [0.15, 0.2) is 22.7 Å². The summed E-state index contributed by atoms with van der Waals surface area (Å²) in [5.41, 5.74) is 2.92. The highest BCUT2D eigenvalue weighted by Gasteiger charge is 2.26. The molecule has 1 aromatic carbocycles. The van der Waals surface area contributed by atoms with Crippen LogP contribution < -0.4 is 11.3 Å². The van der Waals surface area contributed by atoms with Crippen LogP contribution in [-0.2, 0) is 0 Å². The van der Waals surface area contributed by atoms with Gasteiger partial charge in [-0.2, -0.15) is 13.2 Å². The molecule has 1 aromatic rings. The van der Waals surface area contributed by atoms with E-state index >= 15 is 0 Å². The molecule has 18 heavy (non-hydrogen) atoms. The average molecular weight is 329 g/mol. The monoisotopic (exact) mass is 328 g/mol. The van der Waals surface area contributed by atoms with E-state index in [0.717, 1.165) is 0 Å². The summed E-state index contributed by atoms with van der Waals surface area (Å²) in [5.74, 6) is 4.82. The van der Waals surface area contributed by atoms with Gasteiger partial charge in [-0.25, -0.2) is 4.39 Å². The molecule has 0 aliphatic heterocycles. The normalized spacial score (nSPS) is 13.7. The van der Waals surface area contributed by atoms with Crippen molar-refractivity contribution < 1.29 is 17.6 Å². The molecule has 1 atom stereocenters. The number of rotatable bonds is 5. The van der Waals surface area contributed by atoms with E-state index in [9.17, 15) is 17.6 Å². The van der Waals surface area contributed by atoms with Crippen molar-refractivity contribution in [3.8, 4) is 0 Å². The lowest BCUT2D eigenvalue weighted by atomic mass is 10.0. The van der Waals surface area contributed by atoms with Crippen molar-refractivity contribution in [3.63, 3.8) is 0 Å². The van der Waals surface area contributed by atoms with Crippen molar-refractivity contribution in [3.05, 3.63) is 34.1 Å². The maximum Gasteiger partial charge on any atom is 0.389 e. The second kappa shape index (κ2) is 6.49. The van der Waals surface area contributed by atoms with Crippen molar-refractivity contribution in [2.24, 2.45) is 5.84 Å². The molecule has 0 aliphatic carbocycles. The van der Waals surface area contributed by atoms with E-state index in [-0.39, 0.29) is 12.8 Å². The largest absolute Gasteiger partial charge is 0.389 e. The van der Waals surface area contributed by atoms with Crippen molar-refractivity contribution in [1.82, 2.24) is 5.43 Å². The Balaban J connectivity index is 2.65. The minimum atomic E-state index is -4.18. The van der Waals surface area contributed by atoms with E-state index in [0.29, 0.717) is 10.0 Å². The zero-order valence-electron chi connectivity index (χ0n) is 9.40. The number of hydrazine groups is 1. The van der Waals surface area contributed by atoms with E-state index in [4.69, 9.17) is 5.84 Å². The van der Waals surface area contributed by atoms with Gasteiger partial charge < -0.3 is 0 Å². The molecule has 0 aromatic heterocycles. The van der Waals surface area contributed by atoms with Gasteiger partial charge in [-0.15, -0.1) is 0 Å². The maximum atomic E-state index is 13.2. The number of alkyl halides is 3. The Bertz CT molecular complexity index is 375. The van der Waals surface area contributed by atoms with Crippen LogP contribution in [0, 0.1) is 5.82 Å². The molecular weight excluding hydrogens is 316 g/mol. The predicted molar refractivity (Wildman–Crippen MR) is 64.1 cm³/mol. The Hall–Kier alpha value is -0.660.